The Morgan fingerprint density at radius 2 is 2.17 bits per heavy atom. The van der Waals surface area contributed by atoms with Gasteiger partial charge in [0.05, 0.1) is 11.2 Å². The Kier molecular flexibility index (Phi) is 1.50. The number of aromatic nitrogens is 2. The molecule has 0 spiro atoms. The summed E-state index contributed by atoms with van der Waals surface area (Å²) >= 11 is 0. The normalized spacial score (nSPS) is 10.8. The lowest BCUT2D eigenvalue weighted by atomic mass is 10.2. The zero-order valence-corrected chi connectivity index (χ0v) is 6.99. The smallest absolute Gasteiger partial charge is 0.0947 e. The molecule has 62 valence electrons. The summed E-state index contributed by atoms with van der Waals surface area (Å²) < 4.78 is 0. The number of rotatable bonds is 1. The van der Waals surface area contributed by atoms with Gasteiger partial charge in [0.15, 0.2) is 0 Å². The van der Waals surface area contributed by atoms with Crippen LogP contribution in [0.25, 0.3) is 10.9 Å². The second kappa shape index (κ2) is 2.52. The number of aryl methyl sites for hydroxylation is 1. The predicted octanol–water partition coefficient (Wildman–Crippen LogP) is 1.31. The van der Waals surface area contributed by atoms with E-state index in [0.29, 0.717) is 0 Å². The van der Waals surface area contributed by atoms with E-state index < -0.39 is 0 Å². The van der Waals surface area contributed by atoms with Gasteiger partial charge in [-0.1, -0.05) is 25.1 Å². The summed E-state index contributed by atoms with van der Waals surface area (Å²) in [6.45, 7) is 2.08. The van der Waals surface area contributed by atoms with Crippen molar-refractivity contribution in [2.45, 2.75) is 13.3 Å². The van der Waals surface area contributed by atoms with Crippen molar-refractivity contribution in [3.63, 3.8) is 0 Å². The summed E-state index contributed by atoms with van der Waals surface area (Å²) in [4.78, 5) is 1.46. The van der Waals surface area contributed by atoms with Crippen LogP contribution in [0.3, 0.4) is 0 Å². The van der Waals surface area contributed by atoms with Crippen LogP contribution in [0.1, 0.15) is 12.6 Å². The second-order valence-electron chi connectivity index (χ2n) is 2.76. The summed E-state index contributed by atoms with van der Waals surface area (Å²) in [5.74, 6) is 5.67. The van der Waals surface area contributed by atoms with Crippen LogP contribution in [0.2, 0.25) is 0 Å². The van der Waals surface area contributed by atoms with Crippen molar-refractivity contribution < 1.29 is 0 Å². The molecule has 0 aliphatic heterocycles. The molecule has 0 atom stereocenters. The van der Waals surface area contributed by atoms with Crippen LogP contribution in [0.4, 0.5) is 0 Å². The second-order valence-corrected chi connectivity index (χ2v) is 2.76. The highest BCUT2D eigenvalue weighted by Crippen LogP contribution is 2.16. The first-order valence-corrected chi connectivity index (χ1v) is 4.04. The molecule has 0 aliphatic rings. The molecule has 0 saturated heterocycles. The third kappa shape index (κ3) is 0.863. The zero-order chi connectivity index (χ0) is 8.55. The predicted molar refractivity (Wildman–Crippen MR) is 49.3 cm³/mol. The first kappa shape index (κ1) is 7.16. The van der Waals surface area contributed by atoms with Crippen molar-refractivity contribution in [2.24, 2.45) is 0 Å². The molecule has 1 heterocycles. The van der Waals surface area contributed by atoms with Gasteiger partial charge in [-0.25, -0.2) is 0 Å². The van der Waals surface area contributed by atoms with E-state index in [0.717, 1.165) is 23.0 Å². The van der Waals surface area contributed by atoms with E-state index in [1.165, 1.54) is 4.79 Å². The Morgan fingerprint density at radius 1 is 1.42 bits per heavy atom. The number of hydrogen-bond acceptors (Lipinski definition) is 2. The number of hydrogen-bond donors (Lipinski definition) is 1. The van der Waals surface area contributed by atoms with Crippen molar-refractivity contribution >= 4 is 10.9 Å². The molecule has 2 aromatic rings. The van der Waals surface area contributed by atoms with Gasteiger partial charge in [-0.3, -0.25) is 0 Å². The lowest BCUT2D eigenvalue weighted by molar-refractivity contribution is 0.784. The molecule has 3 nitrogen and oxygen atoms in total. The Balaban J connectivity index is 2.81. The van der Waals surface area contributed by atoms with Crippen LogP contribution >= 0.6 is 0 Å². The van der Waals surface area contributed by atoms with Crippen molar-refractivity contribution in [2.75, 3.05) is 5.84 Å². The lowest BCUT2D eigenvalue weighted by Gasteiger charge is -1.95. The van der Waals surface area contributed by atoms with E-state index in [-0.39, 0.29) is 0 Å². The van der Waals surface area contributed by atoms with E-state index >= 15 is 0 Å². The van der Waals surface area contributed by atoms with Crippen LogP contribution in [-0.4, -0.2) is 9.89 Å². The van der Waals surface area contributed by atoms with Crippen LogP contribution in [0.5, 0.6) is 0 Å². The van der Waals surface area contributed by atoms with Crippen molar-refractivity contribution in [1.29, 1.82) is 0 Å². The minimum atomic E-state index is 0.914. The van der Waals surface area contributed by atoms with Crippen molar-refractivity contribution in [3.05, 3.63) is 30.0 Å². The molecule has 0 amide bonds. The van der Waals surface area contributed by atoms with E-state index in [1.807, 2.05) is 24.3 Å². The SMILES string of the molecule is CCc1c2ccccc2nn1N. The summed E-state index contributed by atoms with van der Waals surface area (Å²) in [5, 5.41) is 5.33. The first-order chi connectivity index (χ1) is 5.83. The molecule has 0 fully saturated rings. The van der Waals surface area contributed by atoms with E-state index in [1.54, 1.807) is 0 Å². The highest BCUT2D eigenvalue weighted by atomic mass is 15.5. The molecule has 2 rings (SSSR count). The lowest BCUT2D eigenvalue weighted by Crippen LogP contribution is -2.13. The first-order valence-electron chi connectivity index (χ1n) is 4.04. The number of fused-ring (bicyclic) bond motifs is 1. The van der Waals surface area contributed by atoms with Gasteiger partial charge in [-0.05, 0) is 12.5 Å². The average Bonchev–Trinajstić information content (AvgIpc) is 2.40. The van der Waals surface area contributed by atoms with E-state index in [2.05, 4.69) is 12.0 Å². The molecule has 0 saturated carbocycles. The van der Waals surface area contributed by atoms with Gasteiger partial charge in [0, 0.05) is 5.39 Å². The summed E-state index contributed by atoms with van der Waals surface area (Å²) in [6, 6.07) is 7.99. The third-order valence-corrected chi connectivity index (χ3v) is 2.04. The molecule has 1 aromatic carbocycles. The summed E-state index contributed by atoms with van der Waals surface area (Å²) in [5.41, 5.74) is 2.06. The van der Waals surface area contributed by atoms with Crippen LogP contribution in [-0.2, 0) is 6.42 Å². The Morgan fingerprint density at radius 3 is 2.92 bits per heavy atom. The Hall–Kier alpha value is -1.51. The maximum absolute atomic E-state index is 5.67. The molecule has 0 unspecified atom stereocenters. The molecular weight excluding hydrogens is 150 g/mol. The molecule has 0 radical (unpaired) electrons. The number of nitrogens with two attached hydrogens (primary N) is 1. The van der Waals surface area contributed by atoms with Crippen LogP contribution < -0.4 is 5.84 Å². The van der Waals surface area contributed by atoms with Gasteiger partial charge < -0.3 is 5.84 Å². The Bertz CT molecular complexity index is 403. The fourth-order valence-electron chi connectivity index (χ4n) is 1.46. The monoisotopic (exact) mass is 161 g/mol. The van der Waals surface area contributed by atoms with E-state index in [9.17, 15) is 0 Å². The minimum absolute atomic E-state index is 0.914. The maximum atomic E-state index is 5.67. The van der Waals surface area contributed by atoms with Gasteiger partial charge in [-0.15, -0.1) is 0 Å². The largest absolute Gasteiger partial charge is 0.323 e. The molecule has 12 heavy (non-hydrogen) atoms. The fraction of sp³-hybridized carbons (Fsp3) is 0.222. The standard InChI is InChI=1S/C9H11N3/c1-2-9-7-5-3-4-6-8(7)11-12(9)10/h3-6H,2,10H2,1H3. The zero-order valence-electron chi connectivity index (χ0n) is 6.99. The Labute approximate surface area is 70.8 Å². The van der Waals surface area contributed by atoms with Crippen molar-refractivity contribution in [3.8, 4) is 0 Å². The van der Waals surface area contributed by atoms with Crippen molar-refractivity contribution in [1.82, 2.24) is 9.89 Å². The average molecular weight is 161 g/mol. The molecule has 0 bridgehead atoms. The van der Waals surface area contributed by atoms with Crippen LogP contribution in [0.15, 0.2) is 24.3 Å². The highest BCUT2D eigenvalue weighted by Gasteiger charge is 2.05. The van der Waals surface area contributed by atoms with Gasteiger partial charge >= 0.3 is 0 Å². The molecule has 0 aliphatic carbocycles. The minimum Gasteiger partial charge on any atom is -0.323 e. The fourth-order valence-corrected chi connectivity index (χ4v) is 1.46. The summed E-state index contributed by atoms with van der Waals surface area (Å²) in [7, 11) is 0. The number of nitrogens with zero attached hydrogens (tertiary/aromatic N) is 2. The molecule has 2 N–H and O–H groups in total. The quantitative estimate of drug-likeness (QED) is 0.641. The van der Waals surface area contributed by atoms with Gasteiger partial charge in [0.1, 0.15) is 0 Å². The summed E-state index contributed by atoms with van der Waals surface area (Å²) in [6.07, 6.45) is 0.914. The number of nitrogen functional groups attached to an aromatic ring is 1. The van der Waals surface area contributed by atoms with Crippen LogP contribution in [0, 0.1) is 0 Å². The van der Waals surface area contributed by atoms with E-state index in [4.69, 9.17) is 5.84 Å². The molecule has 1 aromatic heterocycles. The topological polar surface area (TPSA) is 43.8 Å². The molecular formula is C9H11N3. The maximum Gasteiger partial charge on any atom is 0.0947 e. The number of benzene rings is 1. The van der Waals surface area contributed by atoms with Gasteiger partial charge in [0.25, 0.3) is 0 Å². The van der Waals surface area contributed by atoms with Gasteiger partial charge in [-0.2, -0.15) is 9.89 Å². The molecule has 3 heteroatoms. The third-order valence-electron chi connectivity index (χ3n) is 2.04. The van der Waals surface area contributed by atoms with Gasteiger partial charge in [0.2, 0.25) is 0 Å². The highest BCUT2D eigenvalue weighted by molar-refractivity contribution is 5.81.